The number of carbonyl (C=O) groups is 2. The third-order valence-corrected chi connectivity index (χ3v) is 4.72. The summed E-state index contributed by atoms with van der Waals surface area (Å²) in [6, 6.07) is -0.666. The second-order valence-corrected chi connectivity index (χ2v) is 5.94. The molecular weight excluding hydrogens is 252 g/mol. The summed E-state index contributed by atoms with van der Waals surface area (Å²) >= 11 is 1.55. The number of carboxylic acids is 1. The zero-order chi connectivity index (χ0) is 13.7. The molecule has 3 N–H and O–H groups in total. The van der Waals surface area contributed by atoms with Gasteiger partial charge in [0.15, 0.2) is 0 Å². The number of aliphatic carboxylic acids is 1. The number of rotatable bonds is 6. The number of thioether (sulfide) groups is 1. The van der Waals surface area contributed by atoms with Crippen molar-refractivity contribution in [3.63, 3.8) is 0 Å². The minimum absolute atomic E-state index is 0.00628. The molecular formula is C12H22N2O3S. The Morgan fingerprint density at radius 2 is 2.22 bits per heavy atom. The fourth-order valence-corrected chi connectivity index (χ4v) is 3.39. The average Bonchev–Trinajstić information content (AvgIpc) is 2.79. The molecule has 1 amide bonds. The van der Waals surface area contributed by atoms with Crippen molar-refractivity contribution in [3.8, 4) is 0 Å². The molecule has 6 heteroatoms. The second-order valence-electron chi connectivity index (χ2n) is 4.73. The number of nitrogens with two attached hydrogens (primary N) is 1. The lowest BCUT2D eigenvalue weighted by Gasteiger charge is -2.27. The number of nitrogens with zero attached hydrogens (tertiary/aromatic N) is 1. The molecule has 0 aliphatic carbocycles. The fourth-order valence-electron chi connectivity index (χ4n) is 2.02. The summed E-state index contributed by atoms with van der Waals surface area (Å²) in [6.07, 6.45) is 1.89. The molecule has 1 rings (SSSR count). The quantitative estimate of drug-likeness (QED) is 0.758. The van der Waals surface area contributed by atoms with Crippen LogP contribution < -0.4 is 5.73 Å². The first-order chi connectivity index (χ1) is 8.51. The van der Waals surface area contributed by atoms with E-state index in [1.165, 1.54) is 0 Å². The van der Waals surface area contributed by atoms with Crippen molar-refractivity contribution in [1.82, 2.24) is 4.90 Å². The Labute approximate surface area is 112 Å². The van der Waals surface area contributed by atoms with Gasteiger partial charge in [-0.15, -0.1) is 11.8 Å². The third-order valence-electron chi connectivity index (χ3n) is 3.27. The molecule has 1 fully saturated rings. The van der Waals surface area contributed by atoms with Gasteiger partial charge in [0.05, 0.1) is 5.37 Å². The van der Waals surface area contributed by atoms with Gasteiger partial charge in [-0.05, 0) is 25.3 Å². The average molecular weight is 274 g/mol. The molecule has 3 unspecified atom stereocenters. The van der Waals surface area contributed by atoms with Gasteiger partial charge in [0.25, 0.3) is 0 Å². The summed E-state index contributed by atoms with van der Waals surface area (Å²) in [7, 11) is 0. The van der Waals surface area contributed by atoms with Crippen LogP contribution in [0.5, 0.6) is 0 Å². The molecule has 0 saturated carbocycles. The lowest BCUT2D eigenvalue weighted by molar-refractivity contribution is -0.149. The van der Waals surface area contributed by atoms with Gasteiger partial charge >= 0.3 is 5.97 Å². The van der Waals surface area contributed by atoms with Crippen LogP contribution in [0.25, 0.3) is 0 Å². The van der Waals surface area contributed by atoms with Crippen LogP contribution in [0.1, 0.15) is 33.1 Å². The maximum absolute atomic E-state index is 12.2. The predicted molar refractivity (Wildman–Crippen MR) is 72.3 cm³/mol. The third kappa shape index (κ3) is 3.62. The molecule has 0 aromatic heterocycles. The van der Waals surface area contributed by atoms with Crippen LogP contribution in [0.15, 0.2) is 0 Å². The number of hydrogen-bond acceptors (Lipinski definition) is 4. The molecule has 1 aliphatic heterocycles. The number of amides is 1. The van der Waals surface area contributed by atoms with E-state index in [1.807, 2.05) is 13.8 Å². The zero-order valence-electron chi connectivity index (χ0n) is 11.0. The summed E-state index contributed by atoms with van der Waals surface area (Å²) < 4.78 is 0. The normalized spacial score (nSPS) is 25.2. The van der Waals surface area contributed by atoms with Gasteiger partial charge in [0.1, 0.15) is 6.04 Å². The van der Waals surface area contributed by atoms with Gasteiger partial charge in [-0.2, -0.15) is 0 Å². The van der Waals surface area contributed by atoms with Crippen molar-refractivity contribution in [3.05, 3.63) is 0 Å². The first kappa shape index (κ1) is 15.3. The van der Waals surface area contributed by atoms with E-state index in [0.717, 1.165) is 12.8 Å². The molecule has 0 bridgehead atoms. The van der Waals surface area contributed by atoms with Gasteiger partial charge < -0.3 is 15.7 Å². The molecule has 1 aliphatic rings. The van der Waals surface area contributed by atoms with Gasteiger partial charge in [0.2, 0.25) is 5.91 Å². The SMILES string of the molecule is CCC1SCC(C(=O)O)N1C(=O)CCC(C)CN. The van der Waals surface area contributed by atoms with Gasteiger partial charge in [-0.3, -0.25) is 4.79 Å². The van der Waals surface area contributed by atoms with E-state index in [4.69, 9.17) is 10.8 Å². The maximum Gasteiger partial charge on any atom is 0.327 e. The van der Waals surface area contributed by atoms with Gasteiger partial charge in [0, 0.05) is 12.2 Å². The highest BCUT2D eigenvalue weighted by Crippen LogP contribution is 2.32. The molecule has 3 atom stereocenters. The van der Waals surface area contributed by atoms with Crippen LogP contribution in [-0.2, 0) is 9.59 Å². The molecule has 1 heterocycles. The molecule has 0 spiro atoms. The Bertz CT molecular complexity index is 312. The smallest absolute Gasteiger partial charge is 0.327 e. The van der Waals surface area contributed by atoms with E-state index in [9.17, 15) is 9.59 Å². The highest BCUT2D eigenvalue weighted by molar-refractivity contribution is 8.00. The van der Waals surface area contributed by atoms with E-state index < -0.39 is 12.0 Å². The highest BCUT2D eigenvalue weighted by atomic mass is 32.2. The summed E-state index contributed by atoms with van der Waals surface area (Å²) in [5, 5.41) is 9.15. The second kappa shape index (κ2) is 6.99. The predicted octanol–water partition coefficient (Wildman–Crippen LogP) is 1.13. The largest absolute Gasteiger partial charge is 0.480 e. The first-order valence-electron chi connectivity index (χ1n) is 6.36. The highest BCUT2D eigenvalue weighted by Gasteiger charge is 2.40. The number of carbonyl (C=O) groups excluding carboxylic acids is 1. The molecule has 18 heavy (non-hydrogen) atoms. The summed E-state index contributed by atoms with van der Waals surface area (Å²) in [6.45, 7) is 4.53. The Morgan fingerprint density at radius 3 is 2.72 bits per heavy atom. The summed E-state index contributed by atoms with van der Waals surface area (Å²) in [5.74, 6) is -0.169. The first-order valence-corrected chi connectivity index (χ1v) is 7.41. The fraction of sp³-hybridized carbons (Fsp3) is 0.833. The van der Waals surface area contributed by atoms with Crippen LogP contribution in [0, 0.1) is 5.92 Å². The minimum Gasteiger partial charge on any atom is -0.480 e. The Kier molecular flexibility index (Phi) is 5.95. The van der Waals surface area contributed by atoms with Crippen molar-refractivity contribution >= 4 is 23.6 Å². The van der Waals surface area contributed by atoms with E-state index >= 15 is 0 Å². The van der Waals surface area contributed by atoms with E-state index in [1.54, 1.807) is 16.7 Å². The number of hydrogen-bond donors (Lipinski definition) is 2. The van der Waals surface area contributed by atoms with Crippen molar-refractivity contribution in [1.29, 1.82) is 0 Å². The lowest BCUT2D eigenvalue weighted by Crippen LogP contribution is -2.45. The summed E-state index contributed by atoms with van der Waals surface area (Å²) in [5.41, 5.74) is 5.52. The standard InChI is InChI=1S/C12H22N2O3S/c1-3-11-14(9(7-18-11)12(16)17)10(15)5-4-8(2)6-13/h8-9,11H,3-7,13H2,1-2H3,(H,16,17). The molecule has 104 valence electrons. The van der Waals surface area contributed by atoms with Crippen molar-refractivity contribution in [2.24, 2.45) is 11.7 Å². The van der Waals surface area contributed by atoms with Crippen LogP contribution in [0.3, 0.4) is 0 Å². The van der Waals surface area contributed by atoms with Gasteiger partial charge in [-0.25, -0.2) is 4.79 Å². The number of carboxylic acid groups (broad SMARTS) is 1. The monoisotopic (exact) mass is 274 g/mol. The maximum atomic E-state index is 12.2. The van der Waals surface area contributed by atoms with Crippen molar-refractivity contribution in [2.45, 2.75) is 44.5 Å². The van der Waals surface area contributed by atoms with Crippen molar-refractivity contribution < 1.29 is 14.7 Å². The van der Waals surface area contributed by atoms with Crippen LogP contribution in [-0.4, -0.2) is 45.6 Å². The zero-order valence-corrected chi connectivity index (χ0v) is 11.8. The molecule has 0 radical (unpaired) electrons. The lowest BCUT2D eigenvalue weighted by atomic mass is 10.1. The molecule has 1 saturated heterocycles. The Balaban J connectivity index is 2.63. The van der Waals surface area contributed by atoms with E-state index in [-0.39, 0.29) is 11.3 Å². The molecule has 0 aromatic rings. The Morgan fingerprint density at radius 1 is 1.56 bits per heavy atom. The van der Waals surface area contributed by atoms with Crippen LogP contribution in [0.4, 0.5) is 0 Å². The topological polar surface area (TPSA) is 83.6 Å². The van der Waals surface area contributed by atoms with Crippen molar-refractivity contribution in [2.75, 3.05) is 12.3 Å². The van der Waals surface area contributed by atoms with Crippen LogP contribution >= 0.6 is 11.8 Å². The van der Waals surface area contributed by atoms with Gasteiger partial charge in [-0.1, -0.05) is 13.8 Å². The van der Waals surface area contributed by atoms with E-state index in [0.29, 0.717) is 24.6 Å². The van der Waals surface area contributed by atoms with E-state index in [2.05, 4.69) is 0 Å². The molecule has 5 nitrogen and oxygen atoms in total. The Hall–Kier alpha value is -0.750. The van der Waals surface area contributed by atoms with Crippen LogP contribution in [0.2, 0.25) is 0 Å². The molecule has 0 aromatic carbocycles. The summed E-state index contributed by atoms with van der Waals surface area (Å²) in [4.78, 5) is 24.9. The minimum atomic E-state index is -0.904.